The number of nitrogens with one attached hydrogen (secondary N) is 1. The van der Waals surface area contributed by atoms with Gasteiger partial charge in [0, 0.05) is 48.5 Å². The van der Waals surface area contributed by atoms with Crippen LogP contribution in [-0.4, -0.2) is 40.8 Å². The largest absolute Gasteiger partial charge is 0.378 e. The molecular weight excluding hydrogens is 300 g/mol. The highest BCUT2D eigenvalue weighted by Gasteiger charge is 2.26. The van der Waals surface area contributed by atoms with E-state index in [1.165, 1.54) is 23.9 Å². The van der Waals surface area contributed by atoms with Crippen LogP contribution in [0.1, 0.15) is 25.7 Å². The lowest BCUT2D eigenvalue weighted by molar-refractivity contribution is 0.0305. The number of aromatic nitrogens is 3. The molecule has 5 rings (SSSR count). The summed E-state index contributed by atoms with van der Waals surface area (Å²) in [6, 6.07) is 4.24. The number of piperidine rings is 1. The molecule has 0 unspecified atom stereocenters. The molecule has 1 saturated heterocycles. The van der Waals surface area contributed by atoms with Gasteiger partial charge in [0.2, 0.25) is 0 Å². The molecular formula is C19H22N4O. The van der Waals surface area contributed by atoms with Gasteiger partial charge in [-0.25, -0.2) is 9.97 Å². The summed E-state index contributed by atoms with van der Waals surface area (Å²) in [5, 5.41) is 2.36. The first-order valence-corrected chi connectivity index (χ1v) is 8.96. The second kappa shape index (κ2) is 5.74. The van der Waals surface area contributed by atoms with Crippen LogP contribution in [0.15, 0.2) is 30.7 Å². The van der Waals surface area contributed by atoms with Gasteiger partial charge in [0.05, 0.1) is 17.8 Å². The molecule has 4 heterocycles. The van der Waals surface area contributed by atoms with Gasteiger partial charge < -0.3 is 14.6 Å². The van der Waals surface area contributed by atoms with Gasteiger partial charge in [0.1, 0.15) is 0 Å². The number of ether oxygens (including phenoxy) is 1. The topological polar surface area (TPSA) is 54.0 Å². The summed E-state index contributed by atoms with van der Waals surface area (Å²) in [5.41, 5.74) is 3.18. The zero-order chi connectivity index (χ0) is 15.9. The molecule has 124 valence electrons. The van der Waals surface area contributed by atoms with Gasteiger partial charge in [-0.15, -0.1) is 0 Å². The smallest absolute Gasteiger partial charge is 0.159 e. The number of aromatic amines is 1. The van der Waals surface area contributed by atoms with E-state index in [0.29, 0.717) is 6.10 Å². The molecule has 1 aliphatic carbocycles. The molecule has 0 radical (unpaired) electrons. The Morgan fingerprint density at radius 2 is 2.00 bits per heavy atom. The summed E-state index contributed by atoms with van der Waals surface area (Å²) in [6.45, 7) is 3.07. The van der Waals surface area contributed by atoms with Crippen LogP contribution >= 0.6 is 0 Å². The third-order valence-corrected chi connectivity index (χ3v) is 5.32. The van der Waals surface area contributed by atoms with E-state index in [2.05, 4.69) is 32.0 Å². The first-order valence-electron chi connectivity index (χ1n) is 8.96. The van der Waals surface area contributed by atoms with Gasteiger partial charge in [-0.1, -0.05) is 0 Å². The Morgan fingerprint density at radius 1 is 1.12 bits per heavy atom. The molecule has 0 bridgehead atoms. The first kappa shape index (κ1) is 14.2. The molecule has 0 spiro atoms. The monoisotopic (exact) mass is 322 g/mol. The average molecular weight is 322 g/mol. The third kappa shape index (κ3) is 2.53. The number of rotatable bonds is 4. The van der Waals surface area contributed by atoms with Gasteiger partial charge in [-0.2, -0.15) is 0 Å². The molecule has 3 aromatic heterocycles. The number of pyridine rings is 2. The SMILES string of the molecule is c1cc2c(n1)ncc1[nH]ccc(N3CCC(OCC4CC4)CC3)c12. The fraction of sp³-hybridized carbons (Fsp3) is 0.474. The number of hydrogen-bond acceptors (Lipinski definition) is 4. The molecule has 24 heavy (non-hydrogen) atoms. The summed E-state index contributed by atoms with van der Waals surface area (Å²) in [4.78, 5) is 14.6. The number of fused-ring (bicyclic) bond motifs is 3. The molecule has 5 nitrogen and oxygen atoms in total. The second-order valence-corrected chi connectivity index (χ2v) is 7.06. The zero-order valence-corrected chi connectivity index (χ0v) is 13.7. The third-order valence-electron chi connectivity index (χ3n) is 5.32. The van der Waals surface area contributed by atoms with Crippen molar-refractivity contribution in [2.75, 3.05) is 24.6 Å². The van der Waals surface area contributed by atoms with Gasteiger partial charge in [-0.05, 0) is 43.7 Å². The van der Waals surface area contributed by atoms with Crippen molar-refractivity contribution < 1.29 is 4.74 Å². The van der Waals surface area contributed by atoms with Crippen molar-refractivity contribution in [1.29, 1.82) is 0 Å². The van der Waals surface area contributed by atoms with E-state index in [4.69, 9.17) is 4.74 Å². The Labute approximate surface area is 141 Å². The molecule has 0 atom stereocenters. The van der Waals surface area contributed by atoms with Crippen LogP contribution < -0.4 is 4.90 Å². The van der Waals surface area contributed by atoms with Crippen molar-refractivity contribution in [3.63, 3.8) is 0 Å². The lowest BCUT2D eigenvalue weighted by atomic mass is 10.0. The maximum atomic E-state index is 6.08. The van der Waals surface area contributed by atoms with E-state index < -0.39 is 0 Å². The van der Waals surface area contributed by atoms with Crippen LogP contribution in [-0.2, 0) is 4.74 Å². The van der Waals surface area contributed by atoms with Gasteiger partial charge in [-0.3, -0.25) is 0 Å². The molecule has 2 aliphatic rings. The fourth-order valence-corrected chi connectivity index (χ4v) is 3.72. The summed E-state index contributed by atoms with van der Waals surface area (Å²) < 4.78 is 6.08. The molecule has 1 N–H and O–H groups in total. The molecule has 0 aromatic carbocycles. The predicted octanol–water partition coefficient (Wildman–Crippen LogP) is 3.51. The van der Waals surface area contributed by atoms with Crippen molar-refractivity contribution in [2.24, 2.45) is 5.92 Å². The zero-order valence-electron chi connectivity index (χ0n) is 13.7. The Hall–Kier alpha value is -2.14. The normalized spacial score (nSPS) is 19.4. The summed E-state index contributed by atoms with van der Waals surface area (Å²) in [6.07, 6.45) is 11.1. The molecule has 3 aromatic rings. The minimum atomic E-state index is 0.436. The fourth-order valence-electron chi connectivity index (χ4n) is 3.72. The van der Waals surface area contributed by atoms with Crippen molar-refractivity contribution in [3.05, 3.63) is 30.7 Å². The van der Waals surface area contributed by atoms with Crippen molar-refractivity contribution >= 4 is 27.6 Å². The Kier molecular flexibility index (Phi) is 3.40. The van der Waals surface area contributed by atoms with Crippen molar-refractivity contribution in [1.82, 2.24) is 15.0 Å². The summed E-state index contributed by atoms with van der Waals surface area (Å²) in [5.74, 6) is 0.849. The molecule has 0 amide bonds. The van der Waals surface area contributed by atoms with E-state index in [0.717, 1.165) is 55.0 Å². The van der Waals surface area contributed by atoms with E-state index >= 15 is 0 Å². The number of nitrogens with zero attached hydrogens (tertiary/aromatic N) is 3. The molecule has 1 aliphatic heterocycles. The van der Waals surface area contributed by atoms with Crippen LogP contribution in [0.2, 0.25) is 0 Å². The predicted molar refractivity (Wildman–Crippen MR) is 95.3 cm³/mol. The highest BCUT2D eigenvalue weighted by atomic mass is 16.5. The highest BCUT2D eigenvalue weighted by Crippen LogP contribution is 2.34. The average Bonchev–Trinajstić information content (AvgIpc) is 3.34. The maximum absolute atomic E-state index is 6.08. The first-order chi connectivity index (χ1) is 11.9. The lowest BCUT2D eigenvalue weighted by Crippen LogP contribution is -2.37. The standard InChI is InChI=1S/C19H22N4O/c1-2-13(1)12-24-14-5-9-23(10-6-14)17-4-8-20-16-11-22-19-15(18(16)17)3-7-21-19/h3-4,7-8,11,13-14,20H,1-2,5-6,9-10,12H2. The van der Waals surface area contributed by atoms with Crippen LogP contribution in [0.5, 0.6) is 0 Å². The quantitative estimate of drug-likeness (QED) is 0.798. The van der Waals surface area contributed by atoms with Gasteiger partial charge in [0.15, 0.2) is 5.65 Å². The number of H-pyrrole nitrogens is 1. The van der Waals surface area contributed by atoms with Crippen molar-refractivity contribution in [2.45, 2.75) is 31.8 Å². The Morgan fingerprint density at radius 3 is 2.83 bits per heavy atom. The molecule has 5 heteroatoms. The molecule has 1 saturated carbocycles. The Balaban J connectivity index is 1.41. The van der Waals surface area contributed by atoms with E-state index in [9.17, 15) is 0 Å². The minimum absolute atomic E-state index is 0.436. The van der Waals surface area contributed by atoms with E-state index in [-0.39, 0.29) is 0 Å². The maximum Gasteiger partial charge on any atom is 0.159 e. The van der Waals surface area contributed by atoms with Crippen molar-refractivity contribution in [3.8, 4) is 0 Å². The van der Waals surface area contributed by atoms with Crippen LogP contribution in [0, 0.1) is 5.92 Å². The van der Waals surface area contributed by atoms with Crippen LogP contribution in [0.4, 0.5) is 5.69 Å². The van der Waals surface area contributed by atoms with Crippen LogP contribution in [0.25, 0.3) is 21.9 Å². The summed E-state index contributed by atoms with van der Waals surface area (Å²) in [7, 11) is 0. The second-order valence-electron chi connectivity index (χ2n) is 7.06. The van der Waals surface area contributed by atoms with Gasteiger partial charge >= 0.3 is 0 Å². The minimum Gasteiger partial charge on any atom is -0.378 e. The van der Waals surface area contributed by atoms with Crippen LogP contribution in [0.3, 0.4) is 0 Å². The number of hydrogen-bond donors (Lipinski definition) is 1. The van der Waals surface area contributed by atoms with E-state index in [1.807, 2.05) is 18.6 Å². The molecule has 2 fully saturated rings. The highest BCUT2D eigenvalue weighted by molar-refractivity contribution is 6.09. The summed E-state index contributed by atoms with van der Waals surface area (Å²) >= 11 is 0. The Bertz CT molecular complexity index is 862. The van der Waals surface area contributed by atoms with E-state index in [1.54, 1.807) is 0 Å². The van der Waals surface area contributed by atoms with Gasteiger partial charge in [0.25, 0.3) is 0 Å². The number of anilines is 1. The lowest BCUT2D eigenvalue weighted by Gasteiger charge is -2.34.